The standard InChI is InChI=1S/C18H21NO2/c1-11-9-12(2)18-14(7-8-17(20)21)13-5-3-4-6-15(13)19-16(18)10-11/h9-10H,3-8H2,1-2H3,(H,20,21). The Morgan fingerprint density at radius 2 is 2.00 bits per heavy atom. The van der Waals surface area contributed by atoms with E-state index in [1.165, 1.54) is 46.2 Å². The Morgan fingerprint density at radius 1 is 1.24 bits per heavy atom. The van der Waals surface area contributed by atoms with Gasteiger partial charge in [-0.15, -0.1) is 0 Å². The van der Waals surface area contributed by atoms with Gasteiger partial charge in [0.25, 0.3) is 0 Å². The number of pyridine rings is 1. The molecule has 3 rings (SSSR count). The zero-order valence-electron chi connectivity index (χ0n) is 12.7. The quantitative estimate of drug-likeness (QED) is 0.933. The smallest absolute Gasteiger partial charge is 0.303 e. The number of nitrogens with zero attached hydrogens (tertiary/aromatic N) is 1. The molecule has 1 aliphatic rings. The predicted octanol–water partition coefficient (Wildman–Crippen LogP) is 3.75. The molecule has 1 N–H and O–H groups in total. The first kappa shape index (κ1) is 14.1. The maximum atomic E-state index is 11.0. The summed E-state index contributed by atoms with van der Waals surface area (Å²) in [5.41, 5.74) is 7.21. The number of benzene rings is 1. The molecule has 1 aromatic heterocycles. The summed E-state index contributed by atoms with van der Waals surface area (Å²) >= 11 is 0. The molecule has 3 heteroatoms. The van der Waals surface area contributed by atoms with Crippen molar-refractivity contribution in [2.75, 3.05) is 0 Å². The Kier molecular flexibility index (Phi) is 3.66. The van der Waals surface area contributed by atoms with Crippen LogP contribution >= 0.6 is 0 Å². The van der Waals surface area contributed by atoms with Crippen molar-refractivity contribution in [1.29, 1.82) is 0 Å². The average Bonchev–Trinajstić information content (AvgIpc) is 2.43. The lowest BCUT2D eigenvalue weighted by Crippen LogP contribution is -2.12. The zero-order valence-corrected chi connectivity index (χ0v) is 12.7. The normalized spacial score (nSPS) is 14.2. The Hall–Kier alpha value is -1.90. The van der Waals surface area contributed by atoms with Gasteiger partial charge < -0.3 is 5.11 Å². The van der Waals surface area contributed by atoms with Crippen LogP contribution < -0.4 is 0 Å². The fourth-order valence-electron chi connectivity index (χ4n) is 3.57. The minimum atomic E-state index is -0.728. The molecule has 0 radical (unpaired) electrons. The maximum absolute atomic E-state index is 11.0. The van der Waals surface area contributed by atoms with Crippen LogP contribution in [-0.2, 0) is 24.1 Å². The van der Waals surface area contributed by atoms with E-state index in [-0.39, 0.29) is 6.42 Å². The summed E-state index contributed by atoms with van der Waals surface area (Å²) in [5, 5.41) is 10.2. The number of hydrogen-bond donors (Lipinski definition) is 1. The summed E-state index contributed by atoms with van der Waals surface area (Å²) in [6, 6.07) is 4.30. The second kappa shape index (κ2) is 5.47. The van der Waals surface area contributed by atoms with E-state index in [4.69, 9.17) is 10.1 Å². The van der Waals surface area contributed by atoms with Gasteiger partial charge in [0, 0.05) is 17.5 Å². The number of fused-ring (bicyclic) bond motifs is 2. The van der Waals surface area contributed by atoms with Gasteiger partial charge in [0.05, 0.1) is 5.52 Å². The first-order chi connectivity index (χ1) is 10.1. The highest BCUT2D eigenvalue weighted by Gasteiger charge is 2.19. The number of aryl methyl sites for hydroxylation is 4. The van der Waals surface area contributed by atoms with Gasteiger partial charge in [-0.1, -0.05) is 6.07 Å². The highest BCUT2D eigenvalue weighted by atomic mass is 16.4. The van der Waals surface area contributed by atoms with Crippen LogP contribution in [0, 0.1) is 13.8 Å². The van der Waals surface area contributed by atoms with Crippen LogP contribution in [0.15, 0.2) is 12.1 Å². The second-order valence-corrected chi connectivity index (χ2v) is 6.09. The number of aromatic nitrogens is 1. The van der Waals surface area contributed by atoms with Gasteiger partial charge in [0.2, 0.25) is 0 Å². The van der Waals surface area contributed by atoms with E-state index in [0.717, 1.165) is 18.4 Å². The molecule has 0 spiro atoms. The molecule has 110 valence electrons. The zero-order chi connectivity index (χ0) is 15.0. The molecular formula is C18H21NO2. The highest BCUT2D eigenvalue weighted by Crippen LogP contribution is 2.32. The molecule has 21 heavy (non-hydrogen) atoms. The van der Waals surface area contributed by atoms with Crippen LogP contribution in [0.5, 0.6) is 0 Å². The SMILES string of the molecule is Cc1cc(C)c2c(CCC(=O)O)c3c(nc2c1)CCCC3. The van der Waals surface area contributed by atoms with Crippen LogP contribution in [0.3, 0.4) is 0 Å². The van der Waals surface area contributed by atoms with Crippen molar-refractivity contribution in [3.8, 4) is 0 Å². The van der Waals surface area contributed by atoms with Crippen molar-refractivity contribution < 1.29 is 9.90 Å². The minimum absolute atomic E-state index is 0.193. The molecule has 0 atom stereocenters. The molecule has 0 unspecified atom stereocenters. The van der Waals surface area contributed by atoms with Crippen LogP contribution in [0.4, 0.5) is 0 Å². The molecule has 1 aliphatic carbocycles. The van der Waals surface area contributed by atoms with Crippen LogP contribution in [-0.4, -0.2) is 16.1 Å². The number of carboxylic acid groups (broad SMARTS) is 1. The van der Waals surface area contributed by atoms with Gasteiger partial charge in [0.1, 0.15) is 0 Å². The number of hydrogen-bond acceptors (Lipinski definition) is 2. The molecule has 0 fully saturated rings. The number of rotatable bonds is 3. The molecule has 0 bridgehead atoms. The molecular weight excluding hydrogens is 262 g/mol. The monoisotopic (exact) mass is 283 g/mol. The van der Waals surface area contributed by atoms with Gasteiger partial charge in [-0.2, -0.15) is 0 Å². The van der Waals surface area contributed by atoms with Crippen LogP contribution in [0.25, 0.3) is 10.9 Å². The van der Waals surface area contributed by atoms with Crippen molar-refractivity contribution in [1.82, 2.24) is 4.98 Å². The number of aliphatic carboxylic acids is 1. The Labute approximate surface area is 125 Å². The summed E-state index contributed by atoms with van der Waals surface area (Å²) in [7, 11) is 0. The lowest BCUT2D eigenvalue weighted by molar-refractivity contribution is -0.136. The number of carboxylic acids is 1. The van der Waals surface area contributed by atoms with E-state index in [0.29, 0.717) is 6.42 Å². The average molecular weight is 283 g/mol. The molecule has 1 aromatic carbocycles. The Bertz CT molecular complexity index is 719. The van der Waals surface area contributed by atoms with E-state index in [9.17, 15) is 4.79 Å². The molecule has 1 heterocycles. The topological polar surface area (TPSA) is 50.2 Å². The van der Waals surface area contributed by atoms with Crippen LogP contribution in [0.1, 0.15) is 47.2 Å². The van der Waals surface area contributed by atoms with Crippen molar-refractivity contribution in [2.45, 2.75) is 52.4 Å². The molecule has 0 aliphatic heterocycles. The lowest BCUT2D eigenvalue weighted by Gasteiger charge is -2.22. The van der Waals surface area contributed by atoms with Gasteiger partial charge in [0.15, 0.2) is 0 Å². The van der Waals surface area contributed by atoms with Crippen molar-refractivity contribution in [2.24, 2.45) is 0 Å². The van der Waals surface area contributed by atoms with E-state index < -0.39 is 5.97 Å². The van der Waals surface area contributed by atoms with Crippen molar-refractivity contribution in [3.05, 3.63) is 40.1 Å². The third-order valence-corrected chi connectivity index (χ3v) is 4.41. The summed E-state index contributed by atoms with van der Waals surface area (Å²) in [5.74, 6) is -0.728. The molecule has 2 aromatic rings. The molecule has 3 nitrogen and oxygen atoms in total. The fourth-order valence-corrected chi connectivity index (χ4v) is 3.57. The van der Waals surface area contributed by atoms with Crippen molar-refractivity contribution >= 4 is 16.9 Å². The van der Waals surface area contributed by atoms with Gasteiger partial charge in [-0.25, -0.2) is 0 Å². The molecule has 0 saturated heterocycles. The van der Waals surface area contributed by atoms with E-state index >= 15 is 0 Å². The Morgan fingerprint density at radius 3 is 2.76 bits per heavy atom. The molecule has 0 amide bonds. The van der Waals surface area contributed by atoms with Gasteiger partial charge in [-0.3, -0.25) is 9.78 Å². The van der Waals surface area contributed by atoms with Gasteiger partial charge >= 0.3 is 5.97 Å². The van der Waals surface area contributed by atoms with Crippen LogP contribution in [0.2, 0.25) is 0 Å². The summed E-state index contributed by atoms with van der Waals surface area (Å²) in [4.78, 5) is 15.9. The van der Waals surface area contributed by atoms with E-state index in [1.807, 2.05) is 0 Å². The largest absolute Gasteiger partial charge is 0.481 e. The Balaban J connectivity index is 2.25. The first-order valence-electron chi connectivity index (χ1n) is 7.69. The van der Waals surface area contributed by atoms with E-state index in [2.05, 4.69) is 26.0 Å². The predicted molar refractivity (Wildman–Crippen MR) is 83.8 cm³/mol. The lowest BCUT2D eigenvalue weighted by atomic mass is 9.86. The molecule has 0 saturated carbocycles. The third-order valence-electron chi connectivity index (χ3n) is 4.41. The van der Waals surface area contributed by atoms with Gasteiger partial charge in [-0.05, 0) is 74.3 Å². The second-order valence-electron chi connectivity index (χ2n) is 6.09. The van der Waals surface area contributed by atoms with Crippen molar-refractivity contribution in [3.63, 3.8) is 0 Å². The maximum Gasteiger partial charge on any atom is 0.303 e. The highest BCUT2D eigenvalue weighted by molar-refractivity contribution is 5.88. The first-order valence-corrected chi connectivity index (χ1v) is 7.69. The number of carbonyl (C=O) groups is 1. The van der Waals surface area contributed by atoms with E-state index in [1.54, 1.807) is 0 Å². The summed E-state index contributed by atoms with van der Waals surface area (Å²) in [6.45, 7) is 4.20. The summed E-state index contributed by atoms with van der Waals surface area (Å²) < 4.78 is 0. The third kappa shape index (κ3) is 2.65. The minimum Gasteiger partial charge on any atom is -0.481 e. The fraction of sp³-hybridized carbons (Fsp3) is 0.444. The summed E-state index contributed by atoms with van der Waals surface area (Å²) in [6.07, 6.45) is 5.25.